The van der Waals surface area contributed by atoms with Gasteiger partial charge in [-0.25, -0.2) is 0 Å². The van der Waals surface area contributed by atoms with Gasteiger partial charge >= 0.3 is 0 Å². The Balaban J connectivity index is 1.29. The van der Waals surface area contributed by atoms with E-state index in [9.17, 15) is 9.59 Å². The van der Waals surface area contributed by atoms with E-state index in [1.807, 2.05) is 53.4 Å². The second-order valence-corrected chi connectivity index (χ2v) is 9.62. The molecule has 4 aromatic rings. The highest BCUT2D eigenvalue weighted by molar-refractivity contribution is 6.02. The molecule has 0 saturated carbocycles. The maximum Gasteiger partial charge on any atom is 0.257 e. The number of hydrogen-bond donors (Lipinski definition) is 1. The standard InChI is InChI=1S/C30H30N4O2/c1-32-25-13-7-6-12-24(25)30(36)34-19-16-23-22-11-5-8-14-26(22)33(28(23)29(32)34)20-17-27(35)31-18-15-21-9-3-2-4-10-21/h2-14,29H,15-20H2,1H3,(H,31,35). The largest absolute Gasteiger partial charge is 0.356 e. The third-order valence-corrected chi connectivity index (χ3v) is 7.55. The van der Waals surface area contributed by atoms with Crippen LogP contribution in [0.2, 0.25) is 0 Å². The molecule has 0 saturated heterocycles. The molecule has 0 radical (unpaired) electrons. The highest BCUT2D eigenvalue weighted by Gasteiger charge is 2.42. The molecule has 36 heavy (non-hydrogen) atoms. The van der Waals surface area contributed by atoms with E-state index in [1.54, 1.807) is 0 Å². The van der Waals surface area contributed by atoms with Gasteiger partial charge in [0.1, 0.15) is 6.17 Å². The van der Waals surface area contributed by atoms with E-state index >= 15 is 0 Å². The minimum atomic E-state index is -0.190. The Morgan fingerprint density at radius 1 is 0.972 bits per heavy atom. The summed E-state index contributed by atoms with van der Waals surface area (Å²) in [5.41, 5.74) is 6.46. The number of nitrogens with one attached hydrogen (secondary N) is 1. The van der Waals surface area contributed by atoms with Crippen LogP contribution in [0.4, 0.5) is 5.69 Å². The van der Waals surface area contributed by atoms with Crippen LogP contribution in [0.5, 0.6) is 0 Å². The number of fused-ring (bicyclic) bond motifs is 6. The first-order chi connectivity index (χ1) is 17.6. The van der Waals surface area contributed by atoms with Crippen LogP contribution in [0.25, 0.3) is 10.9 Å². The zero-order valence-corrected chi connectivity index (χ0v) is 20.5. The lowest BCUT2D eigenvalue weighted by Gasteiger charge is -2.46. The van der Waals surface area contributed by atoms with Gasteiger partial charge in [0, 0.05) is 44.0 Å². The normalized spacial score (nSPS) is 16.5. The van der Waals surface area contributed by atoms with E-state index in [1.165, 1.54) is 16.5 Å². The number of rotatable bonds is 6. The summed E-state index contributed by atoms with van der Waals surface area (Å²) in [5.74, 6) is 0.123. The van der Waals surface area contributed by atoms with Crippen molar-refractivity contribution in [3.8, 4) is 0 Å². The molecule has 3 heterocycles. The molecule has 0 fully saturated rings. The summed E-state index contributed by atoms with van der Waals surface area (Å²) in [7, 11) is 2.07. The van der Waals surface area contributed by atoms with Crippen molar-refractivity contribution in [2.24, 2.45) is 0 Å². The maximum absolute atomic E-state index is 13.5. The zero-order valence-electron chi connectivity index (χ0n) is 20.5. The molecule has 182 valence electrons. The van der Waals surface area contributed by atoms with Gasteiger partial charge in [-0.2, -0.15) is 0 Å². The van der Waals surface area contributed by atoms with Crippen molar-refractivity contribution >= 4 is 28.4 Å². The Bertz CT molecular complexity index is 1440. The van der Waals surface area contributed by atoms with Crippen LogP contribution in [0.1, 0.15) is 39.8 Å². The average molecular weight is 479 g/mol. The number of nitrogens with zero attached hydrogens (tertiary/aromatic N) is 3. The summed E-state index contributed by atoms with van der Waals surface area (Å²) >= 11 is 0. The first kappa shape index (κ1) is 22.4. The molecule has 1 aromatic heterocycles. The van der Waals surface area contributed by atoms with Gasteiger partial charge in [-0.3, -0.25) is 9.59 Å². The number of aryl methyl sites for hydroxylation is 1. The highest BCUT2D eigenvalue weighted by atomic mass is 16.2. The number of para-hydroxylation sites is 2. The quantitative estimate of drug-likeness (QED) is 0.443. The van der Waals surface area contributed by atoms with Crippen LogP contribution in [0, 0.1) is 0 Å². The lowest BCUT2D eigenvalue weighted by atomic mass is 9.96. The summed E-state index contributed by atoms with van der Waals surface area (Å²) in [6, 6.07) is 26.5. The fourth-order valence-corrected chi connectivity index (χ4v) is 5.84. The van der Waals surface area contributed by atoms with Crippen LogP contribution in [-0.4, -0.2) is 41.4 Å². The van der Waals surface area contributed by atoms with Crippen molar-refractivity contribution in [3.05, 3.63) is 101 Å². The molecule has 2 amide bonds. The van der Waals surface area contributed by atoms with Gasteiger partial charge < -0.3 is 19.7 Å². The Labute approximate surface area is 211 Å². The summed E-state index contributed by atoms with van der Waals surface area (Å²) < 4.78 is 2.27. The van der Waals surface area contributed by atoms with E-state index in [0.29, 0.717) is 26.1 Å². The van der Waals surface area contributed by atoms with Crippen molar-refractivity contribution in [1.82, 2.24) is 14.8 Å². The van der Waals surface area contributed by atoms with Crippen LogP contribution in [0.3, 0.4) is 0 Å². The Morgan fingerprint density at radius 3 is 2.58 bits per heavy atom. The highest BCUT2D eigenvalue weighted by Crippen LogP contribution is 2.44. The molecule has 6 heteroatoms. The topological polar surface area (TPSA) is 57.6 Å². The first-order valence-corrected chi connectivity index (χ1v) is 12.7. The van der Waals surface area contributed by atoms with Crippen LogP contribution < -0.4 is 10.2 Å². The molecule has 0 aliphatic carbocycles. The monoisotopic (exact) mass is 478 g/mol. The molecule has 6 nitrogen and oxygen atoms in total. The lowest BCUT2D eigenvalue weighted by molar-refractivity contribution is -0.121. The fraction of sp³-hybridized carbons (Fsp3) is 0.267. The minimum absolute atomic E-state index is 0.0450. The number of aromatic nitrogens is 1. The van der Waals surface area contributed by atoms with E-state index in [0.717, 1.165) is 35.3 Å². The Kier molecular flexibility index (Phi) is 5.72. The van der Waals surface area contributed by atoms with Gasteiger partial charge in [-0.1, -0.05) is 60.7 Å². The zero-order chi connectivity index (χ0) is 24.6. The van der Waals surface area contributed by atoms with E-state index in [4.69, 9.17) is 0 Å². The van der Waals surface area contributed by atoms with Gasteiger partial charge in [0.15, 0.2) is 0 Å². The molecule has 1 atom stereocenters. The number of anilines is 1. The minimum Gasteiger partial charge on any atom is -0.356 e. The summed E-state index contributed by atoms with van der Waals surface area (Å²) in [4.78, 5) is 30.5. The molecule has 6 rings (SSSR count). The summed E-state index contributed by atoms with van der Waals surface area (Å²) in [6.45, 7) is 1.88. The maximum atomic E-state index is 13.5. The lowest BCUT2D eigenvalue weighted by Crippen LogP contribution is -2.51. The fourth-order valence-electron chi connectivity index (χ4n) is 5.84. The molecule has 3 aromatic carbocycles. The summed E-state index contributed by atoms with van der Waals surface area (Å²) in [5, 5.41) is 4.30. The molecule has 2 aliphatic heterocycles. The van der Waals surface area contributed by atoms with Crippen LogP contribution in [0.15, 0.2) is 78.9 Å². The Morgan fingerprint density at radius 2 is 1.72 bits per heavy atom. The second kappa shape index (κ2) is 9.19. The molecule has 1 unspecified atom stereocenters. The first-order valence-electron chi connectivity index (χ1n) is 12.7. The van der Waals surface area contributed by atoms with Crippen molar-refractivity contribution in [3.63, 3.8) is 0 Å². The molecule has 0 spiro atoms. The second-order valence-electron chi connectivity index (χ2n) is 9.62. The molecule has 1 N–H and O–H groups in total. The number of carbonyl (C=O) groups is 2. The number of carbonyl (C=O) groups excluding carboxylic acids is 2. The predicted octanol–water partition coefficient (Wildman–Crippen LogP) is 4.54. The van der Waals surface area contributed by atoms with Gasteiger partial charge in [0.25, 0.3) is 5.91 Å². The van der Waals surface area contributed by atoms with Crippen molar-refractivity contribution in [1.29, 1.82) is 0 Å². The third kappa shape index (κ3) is 3.73. The number of benzene rings is 3. The summed E-state index contributed by atoms with van der Waals surface area (Å²) in [6.07, 6.45) is 1.83. The van der Waals surface area contributed by atoms with Gasteiger partial charge in [-0.05, 0) is 42.2 Å². The number of hydrogen-bond acceptors (Lipinski definition) is 3. The smallest absolute Gasteiger partial charge is 0.257 e. The van der Waals surface area contributed by atoms with Gasteiger partial charge in [-0.15, -0.1) is 0 Å². The third-order valence-electron chi connectivity index (χ3n) is 7.55. The van der Waals surface area contributed by atoms with E-state index < -0.39 is 0 Å². The van der Waals surface area contributed by atoms with E-state index in [2.05, 4.69) is 52.2 Å². The van der Waals surface area contributed by atoms with Crippen LogP contribution >= 0.6 is 0 Å². The Hall–Kier alpha value is -4.06. The van der Waals surface area contributed by atoms with Crippen molar-refractivity contribution in [2.75, 3.05) is 25.0 Å². The SMILES string of the molecule is CN1c2ccccc2C(=O)N2CCc3c(n(CCC(=O)NCCc4ccccc4)c4ccccc34)C21. The molecule has 2 aliphatic rings. The van der Waals surface area contributed by atoms with Gasteiger partial charge in [0.2, 0.25) is 5.91 Å². The molecular weight excluding hydrogens is 448 g/mol. The molecular formula is C30H30N4O2. The van der Waals surface area contributed by atoms with Gasteiger partial charge in [0.05, 0.1) is 16.9 Å². The number of amides is 2. The van der Waals surface area contributed by atoms with Crippen LogP contribution in [-0.2, 0) is 24.2 Å². The molecule has 0 bridgehead atoms. The van der Waals surface area contributed by atoms with Crippen molar-refractivity contribution in [2.45, 2.75) is 32.0 Å². The predicted molar refractivity (Wildman–Crippen MR) is 142 cm³/mol. The van der Waals surface area contributed by atoms with E-state index in [-0.39, 0.29) is 18.0 Å². The average Bonchev–Trinajstić information content (AvgIpc) is 3.24. The van der Waals surface area contributed by atoms with Crippen molar-refractivity contribution < 1.29 is 9.59 Å².